The first-order valence-corrected chi connectivity index (χ1v) is 7.45. The molecule has 0 atom stereocenters. The zero-order chi connectivity index (χ0) is 17.0. The van der Waals surface area contributed by atoms with E-state index in [-0.39, 0.29) is 5.56 Å². The Bertz CT molecular complexity index is 679. The SMILES string of the molecule is COc1ccc(CN(C)Cc2cc(C(C)C)on2)cc1C(=O)O. The van der Waals surface area contributed by atoms with E-state index in [1.165, 1.54) is 7.11 Å². The Morgan fingerprint density at radius 1 is 1.35 bits per heavy atom. The van der Waals surface area contributed by atoms with E-state index in [1.807, 2.05) is 19.2 Å². The molecule has 0 bridgehead atoms. The predicted molar refractivity (Wildman–Crippen MR) is 85.7 cm³/mol. The summed E-state index contributed by atoms with van der Waals surface area (Å²) >= 11 is 0. The lowest BCUT2D eigenvalue weighted by atomic mass is 10.1. The molecule has 0 fully saturated rings. The van der Waals surface area contributed by atoms with Crippen LogP contribution in [0, 0.1) is 0 Å². The number of ether oxygens (including phenoxy) is 1. The van der Waals surface area contributed by atoms with Crippen molar-refractivity contribution in [2.24, 2.45) is 0 Å². The van der Waals surface area contributed by atoms with Crippen LogP contribution in [0.1, 0.15) is 47.1 Å². The molecule has 6 nitrogen and oxygen atoms in total. The summed E-state index contributed by atoms with van der Waals surface area (Å²) in [5.41, 5.74) is 1.93. The number of aromatic nitrogens is 1. The third-order valence-corrected chi connectivity index (χ3v) is 3.52. The summed E-state index contributed by atoms with van der Waals surface area (Å²) in [4.78, 5) is 13.3. The molecule has 1 aromatic carbocycles. The number of aromatic carboxylic acids is 1. The van der Waals surface area contributed by atoms with E-state index in [9.17, 15) is 9.90 Å². The molecule has 0 aliphatic rings. The zero-order valence-electron chi connectivity index (χ0n) is 13.9. The lowest BCUT2D eigenvalue weighted by Gasteiger charge is -2.16. The van der Waals surface area contributed by atoms with Crippen LogP contribution in [0.5, 0.6) is 5.75 Å². The molecule has 1 heterocycles. The van der Waals surface area contributed by atoms with Gasteiger partial charge in [0.2, 0.25) is 0 Å². The predicted octanol–water partition coefficient (Wildman–Crippen LogP) is 3.14. The van der Waals surface area contributed by atoms with Crippen molar-refractivity contribution in [1.29, 1.82) is 0 Å². The number of rotatable bonds is 7. The van der Waals surface area contributed by atoms with E-state index in [4.69, 9.17) is 9.26 Å². The molecule has 0 radical (unpaired) electrons. The molecule has 0 saturated carbocycles. The number of nitrogens with zero attached hydrogens (tertiary/aromatic N) is 2. The minimum Gasteiger partial charge on any atom is -0.496 e. The Hall–Kier alpha value is -2.34. The number of hydrogen-bond acceptors (Lipinski definition) is 5. The Labute approximate surface area is 135 Å². The average molecular weight is 318 g/mol. The second-order valence-corrected chi connectivity index (χ2v) is 5.89. The summed E-state index contributed by atoms with van der Waals surface area (Å²) in [6, 6.07) is 7.14. The summed E-state index contributed by atoms with van der Waals surface area (Å²) in [7, 11) is 3.42. The van der Waals surface area contributed by atoms with Gasteiger partial charge in [0, 0.05) is 25.1 Å². The largest absolute Gasteiger partial charge is 0.496 e. The fourth-order valence-electron chi connectivity index (χ4n) is 2.34. The molecule has 2 aromatic rings. The van der Waals surface area contributed by atoms with Crippen molar-refractivity contribution in [3.05, 3.63) is 46.8 Å². The van der Waals surface area contributed by atoms with Gasteiger partial charge in [-0.15, -0.1) is 0 Å². The van der Waals surface area contributed by atoms with Crippen molar-refractivity contribution in [3.8, 4) is 5.75 Å². The van der Waals surface area contributed by atoms with E-state index in [0.717, 1.165) is 17.0 Å². The molecule has 1 aromatic heterocycles. The first-order valence-electron chi connectivity index (χ1n) is 7.45. The topological polar surface area (TPSA) is 75.8 Å². The summed E-state index contributed by atoms with van der Waals surface area (Å²) in [6.07, 6.45) is 0. The van der Waals surface area contributed by atoms with Crippen LogP contribution in [0.25, 0.3) is 0 Å². The van der Waals surface area contributed by atoms with Gasteiger partial charge in [-0.05, 0) is 24.7 Å². The van der Waals surface area contributed by atoms with Crippen molar-refractivity contribution in [1.82, 2.24) is 10.1 Å². The maximum atomic E-state index is 11.3. The van der Waals surface area contributed by atoms with Gasteiger partial charge in [-0.2, -0.15) is 0 Å². The number of benzene rings is 1. The van der Waals surface area contributed by atoms with Gasteiger partial charge in [0.25, 0.3) is 0 Å². The minimum absolute atomic E-state index is 0.168. The van der Waals surface area contributed by atoms with Crippen molar-refractivity contribution in [3.63, 3.8) is 0 Å². The average Bonchev–Trinajstić information content (AvgIpc) is 2.95. The summed E-state index contributed by atoms with van der Waals surface area (Å²) in [6.45, 7) is 5.34. The lowest BCUT2D eigenvalue weighted by Crippen LogP contribution is -2.17. The lowest BCUT2D eigenvalue weighted by molar-refractivity contribution is 0.0693. The molecule has 2 rings (SSSR count). The van der Waals surface area contributed by atoms with Gasteiger partial charge in [-0.25, -0.2) is 4.79 Å². The van der Waals surface area contributed by atoms with Crippen LogP contribution in [-0.4, -0.2) is 35.3 Å². The zero-order valence-corrected chi connectivity index (χ0v) is 13.9. The van der Waals surface area contributed by atoms with E-state index in [2.05, 4.69) is 23.9 Å². The van der Waals surface area contributed by atoms with Crippen molar-refractivity contribution in [2.45, 2.75) is 32.9 Å². The molecule has 0 spiro atoms. The molecule has 0 amide bonds. The maximum absolute atomic E-state index is 11.3. The van der Waals surface area contributed by atoms with Crippen LogP contribution in [-0.2, 0) is 13.1 Å². The highest BCUT2D eigenvalue weighted by atomic mass is 16.5. The summed E-state index contributed by atoms with van der Waals surface area (Å²) < 4.78 is 10.4. The molecule has 23 heavy (non-hydrogen) atoms. The first-order chi connectivity index (χ1) is 10.9. The van der Waals surface area contributed by atoms with Gasteiger partial charge >= 0.3 is 5.97 Å². The van der Waals surface area contributed by atoms with Gasteiger partial charge in [-0.3, -0.25) is 4.90 Å². The highest BCUT2D eigenvalue weighted by molar-refractivity contribution is 5.91. The Morgan fingerprint density at radius 3 is 2.65 bits per heavy atom. The Balaban J connectivity index is 2.06. The molecule has 0 aliphatic heterocycles. The van der Waals surface area contributed by atoms with Gasteiger partial charge in [0.05, 0.1) is 12.8 Å². The van der Waals surface area contributed by atoms with Crippen LogP contribution < -0.4 is 4.74 Å². The smallest absolute Gasteiger partial charge is 0.339 e. The molecular weight excluding hydrogens is 296 g/mol. The molecule has 0 unspecified atom stereocenters. The van der Waals surface area contributed by atoms with Gasteiger partial charge < -0.3 is 14.4 Å². The van der Waals surface area contributed by atoms with E-state index in [0.29, 0.717) is 24.8 Å². The second-order valence-electron chi connectivity index (χ2n) is 5.89. The first kappa shape index (κ1) is 17.0. The van der Waals surface area contributed by atoms with Crippen LogP contribution in [0.3, 0.4) is 0 Å². The standard InChI is InChI=1S/C17H22N2O4/c1-11(2)16-8-13(18-23-16)10-19(3)9-12-5-6-15(22-4)14(7-12)17(20)21/h5-8,11H,9-10H2,1-4H3,(H,20,21). The van der Waals surface area contributed by atoms with Crippen LogP contribution in [0.2, 0.25) is 0 Å². The van der Waals surface area contributed by atoms with E-state index >= 15 is 0 Å². The quantitative estimate of drug-likeness (QED) is 0.845. The molecule has 0 aliphatic carbocycles. The fraction of sp³-hybridized carbons (Fsp3) is 0.412. The normalized spacial score (nSPS) is 11.2. The summed E-state index contributed by atoms with van der Waals surface area (Å²) in [5.74, 6) is 0.540. The molecule has 1 N–H and O–H groups in total. The van der Waals surface area contributed by atoms with Crippen LogP contribution >= 0.6 is 0 Å². The monoisotopic (exact) mass is 318 g/mol. The van der Waals surface area contributed by atoms with Gasteiger partial charge in [-0.1, -0.05) is 25.1 Å². The van der Waals surface area contributed by atoms with Crippen molar-refractivity contribution in [2.75, 3.05) is 14.2 Å². The number of hydrogen-bond donors (Lipinski definition) is 1. The third kappa shape index (κ3) is 4.32. The highest BCUT2D eigenvalue weighted by Gasteiger charge is 2.14. The van der Waals surface area contributed by atoms with Crippen LogP contribution in [0.15, 0.2) is 28.8 Å². The highest BCUT2D eigenvalue weighted by Crippen LogP contribution is 2.21. The van der Waals surface area contributed by atoms with Gasteiger partial charge in [0.1, 0.15) is 17.1 Å². The fourth-order valence-corrected chi connectivity index (χ4v) is 2.34. The Kier molecular flexibility index (Phi) is 5.39. The Morgan fingerprint density at radius 2 is 2.09 bits per heavy atom. The van der Waals surface area contributed by atoms with E-state index < -0.39 is 5.97 Å². The molecular formula is C17H22N2O4. The van der Waals surface area contributed by atoms with E-state index in [1.54, 1.807) is 12.1 Å². The minimum atomic E-state index is -0.996. The van der Waals surface area contributed by atoms with Crippen LogP contribution in [0.4, 0.5) is 0 Å². The number of carboxylic acids is 1. The molecule has 6 heteroatoms. The second kappa shape index (κ2) is 7.28. The number of carbonyl (C=O) groups is 1. The van der Waals surface area contributed by atoms with Crippen molar-refractivity contribution >= 4 is 5.97 Å². The van der Waals surface area contributed by atoms with Gasteiger partial charge in [0.15, 0.2) is 0 Å². The molecule has 124 valence electrons. The molecule has 0 saturated heterocycles. The number of carboxylic acid groups (broad SMARTS) is 1. The third-order valence-electron chi connectivity index (χ3n) is 3.52. The maximum Gasteiger partial charge on any atom is 0.339 e. The number of methoxy groups -OCH3 is 1. The summed E-state index contributed by atoms with van der Waals surface area (Å²) in [5, 5.41) is 13.3. The van der Waals surface area contributed by atoms with Crippen molar-refractivity contribution < 1.29 is 19.2 Å².